The summed E-state index contributed by atoms with van der Waals surface area (Å²) in [6.45, 7) is 5.66. The first kappa shape index (κ1) is 21.7. The molecule has 0 radical (unpaired) electrons. The minimum Gasteiger partial charge on any atom is -0.338 e. The number of nitrogens with one attached hydrogen (secondary N) is 3. The maximum Gasteiger partial charge on any atom is 0.226 e. The lowest BCUT2D eigenvalue weighted by Crippen LogP contribution is -2.17. The van der Waals surface area contributed by atoms with Gasteiger partial charge in [0, 0.05) is 52.6 Å². The molecule has 0 unspecified atom stereocenters. The predicted molar refractivity (Wildman–Crippen MR) is 138 cm³/mol. The molecule has 0 bridgehead atoms. The zero-order chi connectivity index (χ0) is 24.8. The molecule has 6 rings (SSSR count). The quantitative estimate of drug-likeness (QED) is 0.331. The summed E-state index contributed by atoms with van der Waals surface area (Å²) in [6.07, 6.45) is 10.7. The first-order valence-corrected chi connectivity index (χ1v) is 11.6. The van der Waals surface area contributed by atoms with E-state index in [1.165, 1.54) is 0 Å². The summed E-state index contributed by atoms with van der Waals surface area (Å²) in [6, 6.07) is 7.92. The Morgan fingerprint density at radius 1 is 1.03 bits per heavy atom. The third-order valence-electron chi connectivity index (χ3n) is 6.04. The first-order valence-electron chi connectivity index (χ1n) is 11.6. The van der Waals surface area contributed by atoms with Crippen molar-refractivity contribution in [2.24, 2.45) is 5.92 Å². The fraction of sp³-hybridized carbons (Fsp3) is 0.154. The molecular weight excluding hydrogens is 454 g/mol. The van der Waals surface area contributed by atoms with Crippen LogP contribution in [0.15, 0.2) is 61.6 Å². The van der Waals surface area contributed by atoms with Gasteiger partial charge >= 0.3 is 0 Å². The van der Waals surface area contributed by atoms with E-state index < -0.39 is 0 Å². The second-order valence-corrected chi connectivity index (χ2v) is 9.00. The van der Waals surface area contributed by atoms with Gasteiger partial charge in [-0.15, -0.1) is 0 Å². The monoisotopic (exact) mass is 477 g/mol. The molecule has 0 atom stereocenters. The SMILES string of the molecule is Cc1cn(-c2ccnc3[nH]c(-c4[nH]nc5ncc(-c6cncc(NC(=O)C(C)C)c6)cc45)cc23)cn1. The lowest BCUT2D eigenvalue weighted by atomic mass is 10.1. The zero-order valence-electron chi connectivity index (χ0n) is 19.9. The van der Waals surface area contributed by atoms with Gasteiger partial charge in [-0.25, -0.2) is 15.0 Å². The van der Waals surface area contributed by atoms with Crippen molar-refractivity contribution in [3.05, 3.63) is 67.3 Å². The van der Waals surface area contributed by atoms with Gasteiger partial charge in [-0.05, 0) is 31.2 Å². The molecule has 36 heavy (non-hydrogen) atoms. The third kappa shape index (κ3) is 3.78. The minimum absolute atomic E-state index is 0.0581. The molecule has 0 spiro atoms. The van der Waals surface area contributed by atoms with E-state index in [-0.39, 0.29) is 11.8 Å². The van der Waals surface area contributed by atoms with Gasteiger partial charge in [0.25, 0.3) is 0 Å². The van der Waals surface area contributed by atoms with Gasteiger partial charge in [0.05, 0.1) is 41.0 Å². The molecule has 6 aromatic rings. The Hall–Kier alpha value is -4.86. The highest BCUT2D eigenvalue weighted by molar-refractivity contribution is 5.97. The Labute approximate surface area is 205 Å². The Morgan fingerprint density at radius 2 is 1.89 bits per heavy atom. The fourth-order valence-corrected chi connectivity index (χ4v) is 4.14. The fourth-order valence-electron chi connectivity index (χ4n) is 4.14. The summed E-state index contributed by atoms with van der Waals surface area (Å²) >= 11 is 0. The summed E-state index contributed by atoms with van der Waals surface area (Å²) in [5, 5.41) is 12.2. The molecule has 6 aromatic heterocycles. The molecule has 3 N–H and O–H groups in total. The van der Waals surface area contributed by atoms with Crippen molar-refractivity contribution in [2.75, 3.05) is 5.32 Å². The first-order chi connectivity index (χ1) is 17.5. The molecule has 6 heterocycles. The number of carbonyl (C=O) groups is 1. The van der Waals surface area contributed by atoms with E-state index in [1.807, 2.05) is 49.7 Å². The van der Waals surface area contributed by atoms with Crippen molar-refractivity contribution < 1.29 is 4.79 Å². The van der Waals surface area contributed by atoms with Crippen molar-refractivity contribution in [3.8, 4) is 28.2 Å². The number of hydrogen-bond acceptors (Lipinski definition) is 6. The van der Waals surface area contributed by atoms with Crippen LogP contribution >= 0.6 is 0 Å². The normalized spacial score (nSPS) is 11.6. The molecule has 0 saturated heterocycles. The van der Waals surface area contributed by atoms with Crippen molar-refractivity contribution >= 4 is 33.7 Å². The summed E-state index contributed by atoms with van der Waals surface area (Å²) in [7, 11) is 0. The van der Waals surface area contributed by atoms with E-state index in [0.29, 0.717) is 11.3 Å². The van der Waals surface area contributed by atoms with Crippen LogP contribution in [-0.2, 0) is 4.79 Å². The van der Waals surface area contributed by atoms with E-state index >= 15 is 0 Å². The predicted octanol–water partition coefficient (Wildman–Crippen LogP) is 4.65. The van der Waals surface area contributed by atoms with E-state index in [2.05, 4.69) is 46.5 Å². The molecular formula is C26H23N9O. The number of carbonyl (C=O) groups excluding carboxylic acids is 1. The van der Waals surface area contributed by atoms with Gasteiger partial charge in [-0.1, -0.05) is 13.8 Å². The number of hydrogen-bond donors (Lipinski definition) is 3. The molecule has 0 aliphatic carbocycles. The summed E-state index contributed by atoms with van der Waals surface area (Å²) in [4.78, 5) is 33.2. The van der Waals surface area contributed by atoms with Gasteiger partial charge in [0.2, 0.25) is 5.91 Å². The van der Waals surface area contributed by atoms with Crippen molar-refractivity contribution in [1.29, 1.82) is 0 Å². The Kier molecular flexibility index (Phi) is 5.06. The zero-order valence-corrected chi connectivity index (χ0v) is 19.9. The van der Waals surface area contributed by atoms with Crippen LogP contribution < -0.4 is 5.32 Å². The molecule has 0 aliphatic heterocycles. The molecule has 0 aromatic carbocycles. The highest BCUT2D eigenvalue weighted by Crippen LogP contribution is 2.32. The second-order valence-electron chi connectivity index (χ2n) is 9.00. The minimum atomic E-state index is -0.121. The Bertz CT molecular complexity index is 1740. The molecule has 178 valence electrons. The maximum absolute atomic E-state index is 12.1. The number of pyridine rings is 3. The number of H-pyrrole nitrogens is 2. The summed E-state index contributed by atoms with van der Waals surface area (Å²) in [5.74, 6) is -0.179. The van der Waals surface area contributed by atoms with Crippen LogP contribution in [0.2, 0.25) is 0 Å². The highest BCUT2D eigenvalue weighted by atomic mass is 16.1. The van der Waals surface area contributed by atoms with Gasteiger partial charge in [-0.2, -0.15) is 5.10 Å². The molecule has 0 fully saturated rings. The van der Waals surface area contributed by atoms with E-state index in [1.54, 1.807) is 31.1 Å². The Balaban J connectivity index is 1.41. The van der Waals surface area contributed by atoms with Crippen LogP contribution in [0.5, 0.6) is 0 Å². The van der Waals surface area contributed by atoms with Crippen molar-refractivity contribution in [1.82, 2.24) is 39.7 Å². The van der Waals surface area contributed by atoms with Crippen molar-refractivity contribution in [2.45, 2.75) is 20.8 Å². The molecule has 0 aliphatic rings. The molecule has 1 amide bonds. The highest BCUT2D eigenvalue weighted by Gasteiger charge is 2.16. The Morgan fingerprint density at radius 3 is 2.69 bits per heavy atom. The number of amides is 1. The van der Waals surface area contributed by atoms with Crippen LogP contribution in [0.25, 0.3) is 50.3 Å². The lowest BCUT2D eigenvalue weighted by molar-refractivity contribution is -0.118. The largest absolute Gasteiger partial charge is 0.338 e. The molecule has 0 saturated carbocycles. The summed E-state index contributed by atoms with van der Waals surface area (Å²) < 4.78 is 1.99. The average molecular weight is 478 g/mol. The van der Waals surface area contributed by atoms with E-state index in [9.17, 15) is 4.79 Å². The van der Waals surface area contributed by atoms with Crippen molar-refractivity contribution in [3.63, 3.8) is 0 Å². The van der Waals surface area contributed by atoms with Gasteiger partial charge < -0.3 is 14.9 Å². The molecule has 10 nitrogen and oxygen atoms in total. The van der Waals surface area contributed by atoms with Crippen LogP contribution in [0.1, 0.15) is 19.5 Å². The van der Waals surface area contributed by atoms with Crippen LogP contribution in [0.4, 0.5) is 5.69 Å². The third-order valence-corrected chi connectivity index (χ3v) is 6.04. The number of rotatable bonds is 5. The number of imidazole rings is 1. The van der Waals surface area contributed by atoms with Crippen LogP contribution in [-0.4, -0.2) is 45.6 Å². The number of aromatic nitrogens is 8. The number of fused-ring (bicyclic) bond motifs is 2. The number of anilines is 1. The molecule has 10 heteroatoms. The van der Waals surface area contributed by atoms with Gasteiger partial charge in [0.1, 0.15) is 5.65 Å². The lowest BCUT2D eigenvalue weighted by Gasteiger charge is -2.09. The van der Waals surface area contributed by atoms with E-state index in [4.69, 9.17) is 0 Å². The van der Waals surface area contributed by atoms with E-state index in [0.717, 1.165) is 50.3 Å². The smallest absolute Gasteiger partial charge is 0.226 e. The number of aryl methyl sites for hydroxylation is 1. The van der Waals surface area contributed by atoms with Crippen LogP contribution in [0.3, 0.4) is 0 Å². The number of nitrogens with zero attached hydrogens (tertiary/aromatic N) is 6. The second kappa shape index (κ2) is 8.42. The summed E-state index contributed by atoms with van der Waals surface area (Å²) in [5.41, 5.74) is 7.29. The average Bonchev–Trinajstić information content (AvgIpc) is 3.61. The van der Waals surface area contributed by atoms with Crippen LogP contribution in [0, 0.1) is 12.8 Å². The van der Waals surface area contributed by atoms with Gasteiger partial charge in [0.15, 0.2) is 5.65 Å². The topological polar surface area (TPSA) is 130 Å². The maximum atomic E-state index is 12.1. The standard InChI is InChI=1S/C26H23N9O/c1-14(2)26(36)31-18-6-16(9-27-11-18)17-7-20-23(33-34-25(20)29-10-17)21-8-19-22(4-5-28-24(19)32-21)35-12-15(3)30-13-35/h4-14H,1-3H3,(H,28,32)(H,31,36)(H,29,33,34). The number of aromatic amines is 2. The van der Waals surface area contributed by atoms with Gasteiger partial charge in [-0.3, -0.25) is 14.9 Å².